The molecular formula is C21H25FN2O4. The SMILES string of the molecule is O=C1CCC(C(=O)N2CCCC3(C2)CN(c2ccc(F)cc2)C(=O)CO3)CC1. The molecule has 1 atom stereocenters. The topological polar surface area (TPSA) is 66.9 Å². The number of likely N-dealkylation sites (tertiary alicyclic amines) is 1. The van der Waals surface area contributed by atoms with Gasteiger partial charge in [-0.15, -0.1) is 0 Å². The molecule has 2 aliphatic heterocycles. The van der Waals surface area contributed by atoms with E-state index in [1.54, 1.807) is 17.0 Å². The van der Waals surface area contributed by atoms with Gasteiger partial charge in [0.1, 0.15) is 23.8 Å². The summed E-state index contributed by atoms with van der Waals surface area (Å²) in [6, 6.07) is 5.87. The van der Waals surface area contributed by atoms with Crippen LogP contribution in [0.4, 0.5) is 10.1 Å². The number of carbonyl (C=O) groups excluding carboxylic acids is 3. The van der Waals surface area contributed by atoms with Gasteiger partial charge < -0.3 is 14.5 Å². The zero-order valence-corrected chi connectivity index (χ0v) is 15.9. The Labute approximate surface area is 163 Å². The predicted molar refractivity (Wildman–Crippen MR) is 100 cm³/mol. The summed E-state index contributed by atoms with van der Waals surface area (Å²) in [5.74, 6) is -0.263. The Morgan fingerprint density at radius 2 is 1.82 bits per heavy atom. The number of Topliss-reactive ketones (excluding diaryl/α,β-unsaturated/α-hetero) is 1. The van der Waals surface area contributed by atoms with E-state index in [1.165, 1.54) is 12.1 Å². The van der Waals surface area contributed by atoms with Crippen molar-refractivity contribution < 1.29 is 23.5 Å². The van der Waals surface area contributed by atoms with Crippen molar-refractivity contribution in [2.45, 2.75) is 44.1 Å². The third-order valence-corrected chi connectivity index (χ3v) is 6.13. The predicted octanol–water partition coefficient (Wildman–Crippen LogP) is 2.31. The highest BCUT2D eigenvalue weighted by molar-refractivity contribution is 5.95. The molecule has 28 heavy (non-hydrogen) atoms. The average Bonchev–Trinajstić information content (AvgIpc) is 2.71. The molecule has 4 rings (SSSR count). The number of ether oxygens (including phenoxy) is 1. The summed E-state index contributed by atoms with van der Waals surface area (Å²) in [7, 11) is 0. The Morgan fingerprint density at radius 3 is 2.54 bits per heavy atom. The lowest BCUT2D eigenvalue weighted by Crippen LogP contribution is -2.62. The average molecular weight is 388 g/mol. The molecule has 2 saturated heterocycles. The number of hydrogen-bond acceptors (Lipinski definition) is 4. The van der Waals surface area contributed by atoms with Gasteiger partial charge in [-0.1, -0.05) is 0 Å². The summed E-state index contributed by atoms with van der Waals surface area (Å²) in [4.78, 5) is 40.3. The van der Waals surface area contributed by atoms with Crippen LogP contribution in [0, 0.1) is 11.7 Å². The van der Waals surface area contributed by atoms with Crippen LogP contribution in [0.25, 0.3) is 0 Å². The summed E-state index contributed by atoms with van der Waals surface area (Å²) in [5.41, 5.74) is 0.0454. The molecule has 1 aromatic rings. The molecule has 1 unspecified atom stereocenters. The number of nitrogens with zero attached hydrogens (tertiary/aromatic N) is 2. The lowest BCUT2D eigenvalue weighted by molar-refractivity contribution is -0.156. The molecule has 150 valence electrons. The van der Waals surface area contributed by atoms with E-state index < -0.39 is 5.60 Å². The van der Waals surface area contributed by atoms with Crippen LogP contribution in [-0.4, -0.2) is 54.3 Å². The van der Waals surface area contributed by atoms with Gasteiger partial charge in [0.25, 0.3) is 5.91 Å². The molecule has 1 spiro atoms. The normalized spacial score (nSPS) is 26.8. The number of ketones is 1. The summed E-state index contributed by atoms with van der Waals surface area (Å²) in [5, 5.41) is 0. The number of amides is 2. The Morgan fingerprint density at radius 1 is 1.11 bits per heavy atom. The van der Waals surface area contributed by atoms with Crippen molar-refractivity contribution in [3.63, 3.8) is 0 Å². The van der Waals surface area contributed by atoms with Crippen LogP contribution in [-0.2, 0) is 19.1 Å². The molecule has 2 heterocycles. The molecule has 6 nitrogen and oxygen atoms in total. The van der Waals surface area contributed by atoms with Crippen molar-refractivity contribution in [2.75, 3.05) is 31.1 Å². The molecule has 0 radical (unpaired) electrons. The van der Waals surface area contributed by atoms with Crippen LogP contribution in [0.1, 0.15) is 38.5 Å². The van der Waals surface area contributed by atoms with E-state index >= 15 is 0 Å². The second-order valence-electron chi connectivity index (χ2n) is 8.10. The summed E-state index contributed by atoms with van der Waals surface area (Å²) in [6.45, 7) is 1.43. The van der Waals surface area contributed by atoms with Gasteiger partial charge >= 0.3 is 0 Å². The Hall–Kier alpha value is -2.28. The summed E-state index contributed by atoms with van der Waals surface area (Å²) >= 11 is 0. The summed E-state index contributed by atoms with van der Waals surface area (Å²) in [6.07, 6.45) is 3.80. The quantitative estimate of drug-likeness (QED) is 0.780. The van der Waals surface area contributed by atoms with E-state index in [0.717, 1.165) is 12.8 Å². The zero-order chi connectivity index (χ0) is 19.7. The number of carbonyl (C=O) groups is 3. The number of piperidine rings is 1. The van der Waals surface area contributed by atoms with E-state index in [2.05, 4.69) is 0 Å². The molecule has 3 aliphatic rings. The molecule has 2 amide bonds. The first kappa shape index (κ1) is 19.1. The minimum Gasteiger partial charge on any atom is -0.361 e. The van der Waals surface area contributed by atoms with Crippen LogP contribution in [0.3, 0.4) is 0 Å². The van der Waals surface area contributed by atoms with E-state index in [0.29, 0.717) is 51.0 Å². The maximum Gasteiger partial charge on any atom is 0.253 e. The lowest BCUT2D eigenvalue weighted by Gasteiger charge is -2.48. The van der Waals surface area contributed by atoms with Gasteiger partial charge in [0, 0.05) is 31.0 Å². The molecule has 1 aliphatic carbocycles. The molecule has 7 heteroatoms. The van der Waals surface area contributed by atoms with E-state index in [9.17, 15) is 18.8 Å². The van der Waals surface area contributed by atoms with Gasteiger partial charge in [0.05, 0.1) is 13.1 Å². The van der Waals surface area contributed by atoms with Crippen molar-refractivity contribution >= 4 is 23.3 Å². The molecule has 0 N–H and O–H groups in total. The standard InChI is InChI=1S/C21H25FN2O4/c22-16-4-6-17(7-5-16)24-14-21(28-12-19(24)26)10-1-11-23(13-21)20(27)15-2-8-18(25)9-3-15/h4-7,15H,1-3,8-14H2. The van der Waals surface area contributed by atoms with Crippen LogP contribution in [0.2, 0.25) is 0 Å². The third-order valence-electron chi connectivity index (χ3n) is 6.13. The van der Waals surface area contributed by atoms with E-state index in [1.807, 2.05) is 4.90 Å². The molecular weight excluding hydrogens is 363 g/mol. The molecule has 3 fully saturated rings. The van der Waals surface area contributed by atoms with Gasteiger partial charge in [0.2, 0.25) is 5.91 Å². The van der Waals surface area contributed by atoms with Crippen molar-refractivity contribution in [1.82, 2.24) is 4.90 Å². The van der Waals surface area contributed by atoms with Gasteiger partial charge in [-0.2, -0.15) is 0 Å². The first-order valence-corrected chi connectivity index (χ1v) is 9.96. The Bertz CT molecular complexity index is 771. The largest absolute Gasteiger partial charge is 0.361 e. The fourth-order valence-electron chi connectivity index (χ4n) is 4.55. The van der Waals surface area contributed by atoms with E-state index in [-0.39, 0.29) is 35.9 Å². The third kappa shape index (κ3) is 3.81. The van der Waals surface area contributed by atoms with Crippen LogP contribution in [0.5, 0.6) is 0 Å². The van der Waals surface area contributed by atoms with Crippen LogP contribution in [0.15, 0.2) is 24.3 Å². The molecule has 1 saturated carbocycles. The smallest absolute Gasteiger partial charge is 0.253 e. The molecule has 0 aromatic heterocycles. The van der Waals surface area contributed by atoms with Crippen molar-refractivity contribution in [3.8, 4) is 0 Å². The number of benzene rings is 1. The Balaban J connectivity index is 1.47. The number of morpholine rings is 1. The van der Waals surface area contributed by atoms with Crippen molar-refractivity contribution in [2.24, 2.45) is 5.92 Å². The zero-order valence-electron chi connectivity index (χ0n) is 15.9. The second kappa shape index (κ2) is 7.62. The minimum atomic E-state index is -0.597. The fourth-order valence-corrected chi connectivity index (χ4v) is 4.55. The second-order valence-corrected chi connectivity index (χ2v) is 8.10. The number of hydrogen-bond donors (Lipinski definition) is 0. The molecule has 1 aromatic carbocycles. The van der Waals surface area contributed by atoms with Gasteiger partial charge in [0.15, 0.2) is 0 Å². The van der Waals surface area contributed by atoms with Crippen molar-refractivity contribution in [3.05, 3.63) is 30.1 Å². The Kier molecular flexibility index (Phi) is 5.19. The summed E-state index contributed by atoms with van der Waals surface area (Å²) < 4.78 is 19.2. The maximum absolute atomic E-state index is 13.2. The minimum absolute atomic E-state index is 0.0443. The highest BCUT2D eigenvalue weighted by atomic mass is 19.1. The first-order valence-electron chi connectivity index (χ1n) is 9.96. The highest BCUT2D eigenvalue weighted by Crippen LogP contribution is 2.33. The van der Waals surface area contributed by atoms with Crippen molar-refractivity contribution in [1.29, 1.82) is 0 Å². The fraction of sp³-hybridized carbons (Fsp3) is 0.571. The van der Waals surface area contributed by atoms with Gasteiger partial charge in [-0.05, 0) is 49.9 Å². The lowest BCUT2D eigenvalue weighted by atomic mass is 9.85. The number of anilines is 1. The highest BCUT2D eigenvalue weighted by Gasteiger charge is 2.45. The van der Waals surface area contributed by atoms with Gasteiger partial charge in [-0.25, -0.2) is 4.39 Å². The number of halogens is 1. The monoisotopic (exact) mass is 388 g/mol. The van der Waals surface area contributed by atoms with Crippen LogP contribution < -0.4 is 4.90 Å². The first-order chi connectivity index (χ1) is 13.5. The van der Waals surface area contributed by atoms with E-state index in [4.69, 9.17) is 4.74 Å². The van der Waals surface area contributed by atoms with Crippen LogP contribution >= 0.6 is 0 Å². The van der Waals surface area contributed by atoms with Gasteiger partial charge in [-0.3, -0.25) is 14.4 Å². The maximum atomic E-state index is 13.2. The molecule has 0 bridgehead atoms. The number of rotatable bonds is 2.